The van der Waals surface area contributed by atoms with E-state index in [2.05, 4.69) is 6.92 Å². The second-order valence-corrected chi connectivity index (χ2v) is 6.82. The van der Waals surface area contributed by atoms with E-state index in [1.54, 1.807) is 0 Å². The Balaban J connectivity index is 1.64. The lowest BCUT2D eigenvalue weighted by Gasteiger charge is -2.08. The summed E-state index contributed by atoms with van der Waals surface area (Å²) in [6.07, 6.45) is 1.03. The minimum atomic E-state index is 0.541. The maximum atomic E-state index is 5.55. The molecule has 1 aromatic carbocycles. The predicted octanol–water partition coefficient (Wildman–Crippen LogP) is 2.73. The molecule has 0 heterocycles. The van der Waals surface area contributed by atoms with Gasteiger partial charge < -0.3 is 37.9 Å². The molecule has 0 saturated carbocycles. The summed E-state index contributed by atoms with van der Waals surface area (Å²) in [4.78, 5) is 0. The summed E-state index contributed by atoms with van der Waals surface area (Å²) in [5, 5.41) is 0. The van der Waals surface area contributed by atoms with E-state index in [-0.39, 0.29) is 0 Å². The number of benzene rings is 1. The van der Waals surface area contributed by atoms with Crippen molar-refractivity contribution in [3.05, 3.63) is 35.9 Å². The molecule has 0 fully saturated rings. The third-order valence-corrected chi connectivity index (χ3v) is 4.06. The highest BCUT2D eigenvalue weighted by Gasteiger charge is 1.95. The first-order valence-corrected chi connectivity index (χ1v) is 11.6. The maximum Gasteiger partial charge on any atom is 0.0718 e. The predicted molar refractivity (Wildman–Crippen MR) is 122 cm³/mol. The van der Waals surface area contributed by atoms with Gasteiger partial charge in [0.05, 0.1) is 99.1 Å². The fourth-order valence-electron chi connectivity index (χ4n) is 2.45. The molecule has 0 N–H and O–H groups in total. The van der Waals surface area contributed by atoms with Gasteiger partial charge in [0.2, 0.25) is 0 Å². The van der Waals surface area contributed by atoms with Gasteiger partial charge in [0, 0.05) is 6.61 Å². The maximum absolute atomic E-state index is 5.55. The third-order valence-electron chi connectivity index (χ3n) is 4.06. The standard InChI is InChI=1S/C24H42O8/c1-2-8-25-9-10-26-11-12-27-13-14-28-15-16-29-17-18-30-19-20-31-21-22-32-23-24-6-4-3-5-7-24/h3-7H,2,8-23H2,1H3. The van der Waals surface area contributed by atoms with Gasteiger partial charge in [-0.3, -0.25) is 0 Å². The molecular weight excluding hydrogens is 416 g/mol. The van der Waals surface area contributed by atoms with E-state index in [0.29, 0.717) is 99.1 Å². The molecule has 32 heavy (non-hydrogen) atoms. The normalized spacial score (nSPS) is 11.3. The molecule has 8 nitrogen and oxygen atoms in total. The Morgan fingerprint density at radius 3 is 1.06 bits per heavy atom. The van der Waals surface area contributed by atoms with Gasteiger partial charge in [0.25, 0.3) is 0 Å². The van der Waals surface area contributed by atoms with Crippen molar-refractivity contribution in [1.82, 2.24) is 0 Å². The van der Waals surface area contributed by atoms with Crippen LogP contribution in [0.3, 0.4) is 0 Å². The third kappa shape index (κ3) is 20.8. The van der Waals surface area contributed by atoms with Crippen LogP contribution in [0.1, 0.15) is 18.9 Å². The van der Waals surface area contributed by atoms with Crippen LogP contribution >= 0.6 is 0 Å². The van der Waals surface area contributed by atoms with Crippen LogP contribution in [0.15, 0.2) is 30.3 Å². The van der Waals surface area contributed by atoms with Crippen molar-refractivity contribution in [2.45, 2.75) is 20.0 Å². The highest BCUT2D eigenvalue weighted by molar-refractivity contribution is 5.13. The molecule has 0 unspecified atom stereocenters. The Bertz CT molecular complexity index is 474. The smallest absolute Gasteiger partial charge is 0.0718 e. The van der Waals surface area contributed by atoms with Gasteiger partial charge in [-0.25, -0.2) is 0 Å². The van der Waals surface area contributed by atoms with E-state index in [0.717, 1.165) is 13.0 Å². The van der Waals surface area contributed by atoms with Crippen molar-refractivity contribution in [2.75, 3.05) is 99.1 Å². The molecule has 0 aliphatic carbocycles. The topological polar surface area (TPSA) is 73.8 Å². The van der Waals surface area contributed by atoms with Crippen LogP contribution in [0.2, 0.25) is 0 Å². The van der Waals surface area contributed by atoms with Crippen LogP contribution in [0.5, 0.6) is 0 Å². The van der Waals surface area contributed by atoms with E-state index in [1.165, 1.54) is 5.56 Å². The molecule has 0 aliphatic rings. The second kappa shape index (κ2) is 24.5. The Labute approximate surface area is 193 Å². The first kappa shape index (κ1) is 28.9. The van der Waals surface area contributed by atoms with E-state index in [4.69, 9.17) is 37.9 Å². The monoisotopic (exact) mass is 458 g/mol. The molecule has 1 aromatic rings. The molecule has 0 saturated heterocycles. The van der Waals surface area contributed by atoms with Crippen molar-refractivity contribution in [2.24, 2.45) is 0 Å². The fraction of sp³-hybridized carbons (Fsp3) is 0.750. The zero-order chi connectivity index (χ0) is 22.8. The van der Waals surface area contributed by atoms with Crippen LogP contribution in [-0.4, -0.2) is 99.1 Å². The number of hydrogen-bond donors (Lipinski definition) is 0. The number of hydrogen-bond acceptors (Lipinski definition) is 8. The molecule has 186 valence electrons. The summed E-state index contributed by atoms with van der Waals surface area (Å²) in [7, 11) is 0. The number of ether oxygens (including phenoxy) is 8. The highest BCUT2D eigenvalue weighted by atomic mass is 16.6. The number of rotatable bonds is 25. The zero-order valence-corrected chi connectivity index (χ0v) is 19.7. The Morgan fingerprint density at radius 1 is 0.406 bits per heavy atom. The van der Waals surface area contributed by atoms with Gasteiger partial charge in [-0.05, 0) is 12.0 Å². The fourth-order valence-corrected chi connectivity index (χ4v) is 2.45. The van der Waals surface area contributed by atoms with E-state index in [9.17, 15) is 0 Å². The molecule has 0 radical (unpaired) electrons. The summed E-state index contributed by atoms with van der Waals surface area (Å²) < 4.78 is 43.5. The molecular formula is C24H42O8. The van der Waals surface area contributed by atoms with Crippen LogP contribution in [0, 0.1) is 0 Å². The lowest BCUT2D eigenvalue weighted by Crippen LogP contribution is -2.15. The van der Waals surface area contributed by atoms with Crippen LogP contribution in [-0.2, 0) is 44.5 Å². The van der Waals surface area contributed by atoms with Crippen molar-refractivity contribution >= 4 is 0 Å². The van der Waals surface area contributed by atoms with Crippen LogP contribution in [0.4, 0.5) is 0 Å². The molecule has 1 rings (SSSR count). The zero-order valence-electron chi connectivity index (χ0n) is 19.7. The molecule has 8 heteroatoms. The first-order valence-electron chi connectivity index (χ1n) is 11.6. The summed E-state index contributed by atoms with van der Waals surface area (Å²) in [5.41, 5.74) is 1.17. The molecule has 0 aromatic heterocycles. The average Bonchev–Trinajstić information content (AvgIpc) is 2.82. The molecule has 0 amide bonds. The van der Waals surface area contributed by atoms with Crippen LogP contribution in [0.25, 0.3) is 0 Å². The van der Waals surface area contributed by atoms with E-state index in [1.807, 2.05) is 30.3 Å². The summed E-state index contributed by atoms with van der Waals surface area (Å²) in [6, 6.07) is 10.1. The Morgan fingerprint density at radius 2 is 0.719 bits per heavy atom. The van der Waals surface area contributed by atoms with Crippen molar-refractivity contribution in [3.63, 3.8) is 0 Å². The molecule has 0 bridgehead atoms. The quantitative estimate of drug-likeness (QED) is 0.207. The summed E-state index contributed by atoms with van der Waals surface area (Å²) >= 11 is 0. The van der Waals surface area contributed by atoms with Gasteiger partial charge >= 0.3 is 0 Å². The first-order chi connectivity index (χ1) is 15.9. The van der Waals surface area contributed by atoms with E-state index >= 15 is 0 Å². The second-order valence-electron chi connectivity index (χ2n) is 6.82. The lowest BCUT2D eigenvalue weighted by molar-refractivity contribution is -0.0235. The van der Waals surface area contributed by atoms with Crippen molar-refractivity contribution < 1.29 is 37.9 Å². The SMILES string of the molecule is CCCOCCOCCOCCOCCOCCOCCOCCOCc1ccccc1. The summed E-state index contributed by atoms with van der Waals surface area (Å²) in [6.45, 7) is 11.4. The largest absolute Gasteiger partial charge is 0.379 e. The van der Waals surface area contributed by atoms with Gasteiger partial charge in [-0.15, -0.1) is 0 Å². The van der Waals surface area contributed by atoms with Gasteiger partial charge in [0.1, 0.15) is 0 Å². The van der Waals surface area contributed by atoms with Gasteiger partial charge in [-0.2, -0.15) is 0 Å². The summed E-state index contributed by atoms with van der Waals surface area (Å²) in [5.74, 6) is 0. The Hall–Kier alpha value is -1.10. The Kier molecular flexibility index (Phi) is 22.2. The van der Waals surface area contributed by atoms with Crippen molar-refractivity contribution in [3.8, 4) is 0 Å². The van der Waals surface area contributed by atoms with Gasteiger partial charge in [-0.1, -0.05) is 37.3 Å². The minimum Gasteiger partial charge on any atom is -0.379 e. The molecule has 0 spiro atoms. The molecule has 0 atom stereocenters. The van der Waals surface area contributed by atoms with Crippen molar-refractivity contribution in [1.29, 1.82) is 0 Å². The highest BCUT2D eigenvalue weighted by Crippen LogP contribution is 1.99. The molecule has 0 aliphatic heterocycles. The van der Waals surface area contributed by atoms with Crippen LogP contribution < -0.4 is 0 Å². The van der Waals surface area contributed by atoms with E-state index < -0.39 is 0 Å². The van der Waals surface area contributed by atoms with Gasteiger partial charge in [0.15, 0.2) is 0 Å². The lowest BCUT2D eigenvalue weighted by atomic mass is 10.2. The minimum absolute atomic E-state index is 0.541. The average molecular weight is 459 g/mol.